The summed E-state index contributed by atoms with van der Waals surface area (Å²) >= 11 is 0. The lowest BCUT2D eigenvalue weighted by atomic mass is 9.93. The van der Waals surface area contributed by atoms with Gasteiger partial charge in [0.1, 0.15) is 0 Å². The van der Waals surface area contributed by atoms with Crippen molar-refractivity contribution in [2.75, 3.05) is 32.8 Å². The molecule has 4 heteroatoms. The molecule has 1 saturated heterocycles. The summed E-state index contributed by atoms with van der Waals surface area (Å²) in [6.45, 7) is 9.03. The highest BCUT2D eigenvalue weighted by Crippen LogP contribution is 2.16. The number of ether oxygens (including phenoxy) is 1. The van der Waals surface area contributed by atoms with Crippen molar-refractivity contribution in [3.63, 3.8) is 0 Å². The van der Waals surface area contributed by atoms with E-state index in [9.17, 15) is 0 Å². The van der Waals surface area contributed by atoms with E-state index in [0.29, 0.717) is 5.92 Å². The minimum absolute atomic E-state index is 0.421. The van der Waals surface area contributed by atoms with Crippen LogP contribution in [-0.4, -0.2) is 48.7 Å². The van der Waals surface area contributed by atoms with Crippen molar-refractivity contribution in [2.45, 2.75) is 39.5 Å². The Morgan fingerprint density at radius 2 is 2.24 bits per heavy atom. The van der Waals surface area contributed by atoms with Gasteiger partial charge in [0.05, 0.1) is 12.3 Å². The van der Waals surface area contributed by atoms with Crippen LogP contribution in [0.1, 0.15) is 39.5 Å². The van der Waals surface area contributed by atoms with Gasteiger partial charge in [-0.05, 0) is 12.8 Å². The average Bonchev–Trinajstić information content (AvgIpc) is 2.38. The lowest BCUT2D eigenvalue weighted by Crippen LogP contribution is -2.42. The first kappa shape index (κ1) is 14.5. The van der Waals surface area contributed by atoms with Gasteiger partial charge in [0.2, 0.25) is 0 Å². The Bertz CT molecular complexity index is 231. The molecule has 1 atom stereocenters. The molecule has 0 bridgehead atoms. The number of hydrogen-bond acceptors (Lipinski definition) is 4. The number of unbranched alkanes of at least 4 members (excludes halogenated alkanes) is 1. The summed E-state index contributed by atoms with van der Waals surface area (Å²) in [5.41, 5.74) is 0.968. The lowest BCUT2D eigenvalue weighted by molar-refractivity contribution is 0.0956. The van der Waals surface area contributed by atoms with Crippen LogP contribution in [0.15, 0.2) is 5.16 Å². The van der Waals surface area contributed by atoms with Crippen molar-refractivity contribution in [3.8, 4) is 0 Å². The summed E-state index contributed by atoms with van der Waals surface area (Å²) in [7, 11) is 0. The van der Waals surface area contributed by atoms with Gasteiger partial charge in [0.15, 0.2) is 0 Å². The average molecular weight is 242 g/mol. The monoisotopic (exact) mass is 242 g/mol. The molecule has 0 radical (unpaired) electrons. The van der Waals surface area contributed by atoms with Crippen LogP contribution in [0.4, 0.5) is 0 Å². The van der Waals surface area contributed by atoms with Gasteiger partial charge in [0, 0.05) is 38.6 Å². The van der Waals surface area contributed by atoms with Crippen LogP contribution >= 0.6 is 0 Å². The summed E-state index contributed by atoms with van der Waals surface area (Å²) in [6.07, 6.45) is 4.29. The SMILES string of the molecule is CCCCOCCN1CCC(=NO)C(CC)C1. The van der Waals surface area contributed by atoms with E-state index in [2.05, 4.69) is 23.9 Å². The Kier molecular flexibility index (Phi) is 7.21. The fraction of sp³-hybridized carbons (Fsp3) is 0.923. The highest BCUT2D eigenvalue weighted by atomic mass is 16.5. The number of hydrogen-bond donors (Lipinski definition) is 1. The van der Waals surface area contributed by atoms with Crippen LogP contribution in [-0.2, 0) is 4.74 Å². The summed E-state index contributed by atoms with van der Waals surface area (Å²) in [5.74, 6) is 0.421. The molecule has 0 aromatic rings. The number of oxime groups is 1. The van der Waals surface area contributed by atoms with Crippen molar-refractivity contribution in [2.24, 2.45) is 11.1 Å². The standard InChI is InChI=1S/C13H26N2O2/c1-3-5-9-17-10-8-15-7-6-13(14-16)12(4-2)11-15/h12,16H,3-11H2,1-2H3. The van der Waals surface area contributed by atoms with Crippen LogP contribution in [0.2, 0.25) is 0 Å². The number of piperidine rings is 1. The molecular formula is C13H26N2O2. The van der Waals surface area contributed by atoms with Crippen molar-refractivity contribution in [3.05, 3.63) is 0 Å². The molecule has 100 valence electrons. The van der Waals surface area contributed by atoms with Crippen molar-refractivity contribution < 1.29 is 9.94 Å². The third kappa shape index (κ3) is 5.04. The molecule has 1 fully saturated rings. The molecule has 0 aromatic carbocycles. The molecule has 1 N–H and O–H groups in total. The Hall–Kier alpha value is -0.610. The molecule has 4 nitrogen and oxygen atoms in total. The van der Waals surface area contributed by atoms with Crippen LogP contribution < -0.4 is 0 Å². The van der Waals surface area contributed by atoms with E-state index in [4.69, 9.17) is 9.94 Å². The zero-order valence-electron chi connectivity index (χ0n) is 11.2. The van der Waals surface area contributed by atoms with Gasteiger partial charge >= 0.3 is 0 Å². The van der Waals surface area contributed by atoms with Crippen LogP contribution in [0.5, 0.6) is 0 Å². The van der Waals surface area contributed by atoms with E-state index in [0.717, 1.165) is 57.8 Å². The summed E-state index contributed by atoms with van der Waals surface area (Å²) in [6, 6.07) is 0. The first-order valence-electron chi connectivity index (χ1n) is 6.82. The Morgan fingerprint density at radius 3 is 2.88 bits per heavy atom. The predicted octanol–water partition coefficient (Wildman–Crippen LogP) is 2.37. The molecule has 1 unspecified atom stereocenters. The fourth-order valence-corrected chi connectivity index (χ4v) is 2.23. The first-order valence-corrected chi connectivity index (χ1v) is 6.82. The summed E-state index contributed by atoms with van der Waals surface area (Å²) < 4.78 is 5.58. The molecule has 1 heterocycles. The molecule has 1 aliphatic rings. The minimum Gasteiger partial charge on any atom is -0.411 e. The molecular weight excluding hydrogens is 216 g/mol. The second-order valence-corrected chi connectivity index (χ2v) is 4.71. The van der Waals surface area contributed by atoms with Gasteiger partial charge in [-0.1, -0.05) is 25.4 Å². The minimum atomic E-state index is 0.421. The fourth-order valence-electron chi connectivity index (χ4n) is 2.23. The topological polar surface area (TPSA) is 45.1 Å². The van der Waals surface area contributed by atoms with Crippen LogP contribution in [0.3, 0.4) is 0 Å². The number of nitrogens with zero attached hydrogens (tertiary/aromatic N) is 2. The van der Waals surface area contributed by atoms with Crippen molar-refractivity contribution in [1.29, 1.82) is 0 Å². The van der Waals surface area contributed by atoms with E-state index >= 15 is 0 Å². The van der Waals surface area contributed by atoms with Gasteiger partial charge in [-0.25, -0.2) is 0 Å². The zero-order chi connectivity index (χ0) is 12.5. The van der Waals surface area contributed by atoms with E-state index in [1.54, 1.807) is 0 Å². The van der Waals surface area contributed by atoms with Gasteiger partial charge < -0.3 is 14.8 Å². The van der Waals surface area contributed by atoms with E-state index in [-0.39, 0.29) is 0 Å². The van der Waals surface area contributed by atoms with Crippen LogP contribution in [0, 0.1) is 5.92 Å². The predicted molar refractivity (Wildman–Crippen MR) is 69.8 cm³/mol. The van der Waals surface area contributed by atoms with Gasteiger partial charge in [-0.15, -0.1) is 0 Å². The molecule has 1 rings (SSSR count). The molecule has 0 amide bonds. The summed E-state index contributed by atoms with van der Waals surface area (Å²) in [5, 5.41) is 12.3. The number of likely N-dealkylation sites (tertiary alicyclic amines) is 1. The highest BCUT2D eigenvalue weighted by Gasteiger charge is 2.24. The van der Waals surface area contributed by atoms with Crippen molar-refractivity contribution in [1.82, 2.24) is 4.90 Å². The third-order valence-electron chi connectivity index (χ3n) is 3.45. The smallest absolute Gasteiger partial charge is 0.0627 e. The molecule has 0 saturated carbocycles. The Balaban J connectivity index is 2.18. The maximum Gasteiger partial charge on any atom is 0.0627 e. The Morgan fingerprint density at radius 1 is 1.41 bits per heavy atom. The molecule has 17 heavy (non-hydrogen) atoms. The maximum atomic E-state index is 8.90. The zero-order valence-corrected chi connectivity index (χ0v) is 11.2. The largest absolute Gasteiger partial charge is 0.411 e. The van der Waals surface area contributed by atoms with Gasteiger partial charge in [0.25, 0.3) is 0 Å². The van der Waals surface area contributed by atoms with Gasteiger partial charge in [-0.3, -0.25) is 0 Å². The Labute approximate surface area is 105 Å². The maximum absolute atomic E-state index is 8.90. The quantitative estimate of drug-likeness (QED) is 0.423. The number of rotatable bonds is 7. The van der Waals surface area contributed by atoms with E-state index in [1.807, 2.05) is 0 Å². The van der Waals surface area contributed by atoms with E-state index in [1.165, 1.54) is 6.42 Å². The third-order valence-corrected chi connectivity index (χ3v) is 3.45. The van der Waals surface area contributed by atoms with Gasteiger partial charge in [-0.2, -0.15) is 0 Å². The normalized spacial score (nSPS) is 24.4. The lowest BCUT2D eigenvalue weighted by Gasteiger charge is -2.32. The second-order valence-electron chi connectivity index (χ2n) is 4.71. The van der Waals surface area contributed by atoms with Crippen LogP contribution in [0.25, 0.3) is 0 Å². The highest BCUT2D eigenvalue weighted by molar-refractivity contribution is 5.87. The first-order chi connectivity index (χ1) is 8.31. The summed E-state index contributed by atoms with van der Waals surface area (Å²) in [4.78, 5) is 2.41. The molecule has 0 aromatic heterocycles. The van der Waals surface area contributed by atoms with Crippen molar-refractivity contribution >= 4 is 5.71 Å². The molecule has 0 aliphatic carbocycles. The molecule has 1 aliphatic heterocycles. The second kappa shape index (κ2) is 8.48. The molecule has 0 spiro atoms. The van der Waals surface area contributed by atoms with E-state index < -0.39 is 0 Å².